The van der Waals surface area contributed by atoms with Crippen molar-refractivity contribution in [3.63, 3.8) is 0 Å². The lowest BCUT2D eigenvalue weighted by Crippen LogP contribution is -2.21. The van der Waals surface area contributed by atoms with Crippen LogP contribution in [0.2, 0.25) is 5.15 Å². The van der Waals surface area contributed by atoms with Gasteiger partial charge in [-0.05, 0) is 43.2 Å². The van der Waals surface area contributed by atoms with Crippen LogP contribution in [0, 0.1) is 13.8 Å². The topological polar surface area (TPSA) is 64.1 Å². The van der Waals surface area contributed by atoms with Gasteiger partial charge in [-0.25, -0.2) is 0 Å². The second kappa shape index (κ2) is 6.34. The van der Waals surface area contributed by atoms with Gasteiger partial charge in [-0.3, -0.25) is 4.79 Å². The summed E-state index contributed by atoms with van der Waals surface area (Å²) in [5.41, 5.74) is 2.14. The number of hydrogen-bond acceptors (Lipinski definition) is 4. The number of nitrogens with one attached hydrogen (secondary N) is 1. The molecule has 1 aromatic heterocycles. The molecular formula is C14H14ClN3O2. The van der Waals surface area contributed by atoms with E-state index in [1.165, 1.54) is 0 Å². The molecule has 0 bridgehead atoms. The number of carbonyl (C=O) groups excluding carboxylic acids is 1. The zero-order chi connectivity index (χ0) is 14.5. The van der Waals surface area contributed by atoms with Crippen molar-refractivity contribution >= 4 is 23.3 Å². The number of ether oxygens (including phenoxy) is 1. The van der Waals surface area contributed by atoms with E-state index in [1.807, 2.05) is 32.0 Å². The van der Waals surface area contributed by atoms with Crippen molar-refractivity contribution in [1.29, 1.82) is 0 Å². The molecule has 2 rings (SSSR count). The molecule has 1 amide bonds. The van der Waals surface area contributed by atoms with Gasteiger partial charge in [0.2, 0.25) is 0 Å². The summed E-state index contributed by atoms with van der Waals surface area (Å²) in [5.74, 6) is 0.730. The van der Waals surface area contributed by atoms with Gasteiger partial charge in [0.1, 0.15) is 5.75 Å². The maximum atomic E-state index is 11.7. The van der Waals surface area contributed by atoms with Crippen LogP contribution in [0.25, 0.3) is 0 Å². The standard InChI is InChI=1S/C14H14ClN3O2/c1-9-4-3-5-11(10(9)2)20-8-14(19)16-13-7-6-12(15)17-18-13/h3-7H,8H2,1-2H3,(H,16,18,19). The molecule has 6 heteroatoms. The second-order valence-corrected chi connectivity index (χ2v) is 4.66. The zero-order valence-electron chi connectivity index (χ0n) is 11.2. The molecule has 0 atom stereocenters. The maximum absolute atomic E-state index is 11.7. The van der Waals surface area contributed by atoms with Crippen LogP contribution in [0.4, 0.5) is 5.82 Å². The van der Waals surface area contributed by atoms with Crippen molar-refractivity contribution in [3.8, 4) is 5.75 Å². The van der Waals surface area contributed by atoms with E-state index >= 15 is 0 Å². The van der Waals surface area contributed by atoms with E-state index in [1.54, 1.807) is 12.1 Å². The molecule has 2 aromatic rings. The zero-order valence-corrected chi connectivity index (χ0v) is 11.9. The molecule has 1 heterocycles. The molecule has 0 saturated carbocycles. The normalized spacial score (nSPS) is 10.2. The van der Waals surface area contributed by atoms with Crippen molar-refractivity contribution in [2.45, 2.75) is 13.8 Å². The first-order valence-corrected chi connectivity index (χ1v) is 6.42. The smallest absolute Gasteiger partial charge is 0.263 e. The second-order valence-electron chi connectivity index (χ2n) is 4.28. The fourth-order valence-corrected chi connectivity index (χ4v) is 1.69. The van der Waals surface area contributed by atoms with Gasteiger partial charge in [-0.15, -0.1) is 10.2 Å². The minimum absolute atomic E-state index is 0.0887. The number of aromatic nitrogens is 2. The van der Waals surface area contributed by atoms with Crippen LogP contribution in [0.1, 0.15) is 11.1 Å². The van der Waals surface area contributed by atoms with E-state index in [2.05, 4.69) is 15.5 Å². The van der Waals surface area contributed by atoms with Crippen LogP contribution in [0.5, 0.6) is 5.75 Å². The predicted octanol–water partition coefficient (Wildman–Crippen LogP) is 2.76. The molecule has 0 aliphatic heterocycles. The Hall–Kier alpha value is -2.14. The molecule has 0 saturated heterocycles. The molecule has 0 unspecified atom stereocenters. The summed E-state index contributed by atoms with van der Waals surface area (Å²) in [5, 5.41) is 10.2. The molecule has 20 heavy (non-hydrogen) atoms. The van der Waals surface area contributed by atoms with E-state index in [-0.39, 0.29) is 17.7 Å². The number of hydrogen-bond donors (Lipinski definition) is 1. The quantitative estimate of drug-likeness (QED) is 0.941. The van der Waals surface area contributed by atoms with Crippen molar-refractivity contribution < 1.29 is 9.53 Å². The monoisotopic (exact) mass is 291 g/mol. The van der Waals surface area contributed by atoms with Crippen molar-refractivity contribution in [2.75, 3.05) is 11.9 Å². The largest absolute Gasteiger partial charge is 0.483 e. The summed E-state index contributed by atoms with van der Waals surface area (Å²) >= 11 is 5.61. The Morgan fingerprint density at radius 1 is 1.25 bits per heavy atom. The number of rotatable bonds is 4. The van der Waals surface area contributed by atoms with Gasteiger partial charge in [-0.1, -0.05) is 23.7 Å². The number of aryl methyl sites for hydroxylation is 1. The Bertz CT molecular complexity index is 614. The van der Waals surface area contributed by atoms with E-state index in [0.29, 0.717) is 11.6 Å². The highest BCUT2D eigenvalue weighted by Crippen LogP contribution is 2.20. The van der Waals surface area contributed by atoms with Crippen molar-refractivity contribution in [2.24, 2.45) is 0 Å². The average molecular weight is 292 g/mol. The summed E-state index contributed by atoms with van der Waals surface area (Å²) in [6.45, 7) is 3.85. The van der Waals surface area contributed by atoms with Crippen molar-refractivity contribution in [1.82, 2.24) is 10.2 Å². The molecule has 104 valence electrons. The van der Waals surface area contributed by atoms with Gasteiger partial charge >= 0.3 is 0 Å². The minimum atomic E-state index is -0.303. The van der Waals surface area contributed by atoms with Crippen molar-refractivity contribution in [3.05, 3.63) is 46.6 Å². The highest BCUT2D eigenvalue weighted by atomic mass is 35.5. The summed E-state index contributed by atoms with van der Waals surface area (Å²) in [4.78, 5) is 11.7. The van der Waals surface area contributed by atoms with E-state index in [0.717, 1.165) is 11.1 Å². The molecule has 1 aromatic carbocycles. The predicted molar refractivity (Wildman–Crippen MR) is 77.1 cm³/mol. The number of anilines is 1. The maximum Gasteiger partial charge on any atom is 0.263 e. The third-order valence-electron chi connectivity index (χ3n) is 2.81. The number of benzene rings is 1. The van der Waals surface area contributed by atoms with E-state index in [4.69, 9.17) is 16.3 Å². The highest BCUT2D eigenvalue weighted by molar-refractivity contribution is 6.29. The molecule has 0 spiro atoms. The fraction of sp³-hybridized carbons (Fsp3) is 0.214. The van der Waals surface area contributed by atoms with Gasteiger partial charge in [0, 0.05) is 0 Å². The summed E-state index contributed by atoms with van der Waals surface area (Å²) in [6.07, 6.45) is 0. The van der Waals surface area contributed by atoms with Crippen LogP contribution in [0.15, 0.2) is 30.3 Å². The van der Waals surface area contributed by atoms with E-state index < -0.39 is 0 Å². The Kier molecular flexibility index (Phi) is 4.53. The Balaban J connectivity index is 1.92. The van der Waals surface area contributed by atoms with Gasteiger partial charge in [0.15, 0.2) is 17.6 Å². The summed E-state index contributed by atoms with van der Waals surface area (Å²) in [7, 11) is 0. The minimum Gasteiger partial charge on any atom is -0.483 e. The van der Waals surface area contributed by atoms with Crippen LogP contribution in [0.3, 0.4) is 0 Å². The first-order valence-electron chi connectivity index (χ1n) is 6.04. The third kappa shape index (κ3) is 3.68. The molecule has 0 radical (unpaired) electrons. The number of nitrogens with zero attached hydrogens (tertiary/aromatic N) is 2. The van der Waals surface area contributed by atoms with Crippen LogP contribution in [-0.2, 0) is 4.79 Å². The Morgan fingerprint density at radius 2 is 2.05 bits per heavy atom. The van der Waals surface area contributed by atoms with Gasteiger partial charge in [0.05, 0.1) is 0 Å². The van der Waals surface area contributed by atoms with Gasteiger partial charge < -0.3 is 10.1 Å². The molecule has 0 fully saturated rings. The number of carbonyl (C=O) groups is 1. The van der Waals surface area contributed by atoms with Crippen LogP contribution in [-0.4, -0.2) is 22.7 Å². The Morgan fingerprint density at radius 3 is 2.75 bits per heavy atom. The SMILES string of the molecule is Cc1cccc(OCC(=O)Nc2ccc(Cl)nn2)c1C. The lowest BCUT2D eigenvalue weighted by molar-refractivity contribution is -0.118. The first kappa shape index (κ1) is 14.3. The lowest BCUT2D eigenvalue weighted by atomic mass is 10.1. The van der Waals surface area contributed by atoms with E-state index in [9.17, 15) is 4.79 Å². The molecule has 0 aliphatic carbocycles. The summed E-state index contributed by atoms with van der Waals surface area (Å²) < 4.78 is 5.49. The lowest BCUT2D eigenvalue weighted by Gasteiger charge is -2.10. The first-order chi connectivity index (χ1) is 9.56. The fourth-order valence-electron chi connectivity index (χ4n) is 1.59. The highest BCUT2D eigenvalue weighted by Gasteiger charge is 2.07. The molecular weight excluding hydrogens is 278 g/mol. The average Bonchev–Trinajstić information content (AvgIpc) is 2.43. The number of halogens is 1. The van der Waals surface area contributed by atoms with Crippen LogP contribution >= 0.6 is 11.6 Å². The number of amides is 1. The summed E-state index contributed by atoms with van der Waals surface area (Å²) in [6, 6.07) is 8.84. The third-order valence-corrected chi connectivity index (χ3v) is 3.01. The molecule has 5 nitrogen and oxygen atoms in total. The molecule has 0 aliphatic rings. The van der Waals surface area contributed by atoms with Gasteiger partial charge in [-0.2, -0.15) is 0 Å². The molecule has 1 N–H and O–H groups in total. The Labute approximate surface area is 121 Å². The van der Waals surface area contributed by atoms with Crippen LogP contribution < -0.4 is 10.1 Å². The van der Waals surface area contributed by atoms with Gasteiger partial charge in [0.25, 0.3) is 5.91 Å².